The Morgan fingerprint density at radius 2 is 1.69 bits per heavy atom. The van der Waals surface area contributed by atoms with Crippen LogP contribution in [0.1, 0.15) is 22.5 Å². The number of methoxy groups -OCH3 is 3. The summed E-state index contributed by atoms with van der Waals surface area (Å²) in [5.74, 6) is 1.49. The number of rotatable bonds is 7. The smallest absolute Gasteiger partial charge is 0.345 e. The first kappa shape index (κ1) is 19.3. The summed E-state index contributed by atoms with van der Waals surface area (Å²) in [5.41, 5.74) is 2.23. The van der Waals surface area contributed by atoms with Gasteiger partial charge in [0.05, 0.1) is 27.8 Å². The molecule has 8 nitrogen and oxygen atoms in total. The van der Waals surface area contributed by atoms with Crippen molar-refractivity contribution in [3.8, 4) is 17.2 Å². The first-order chi connectivity index (χ1) is 12.4. The number of aromatic nitrogens is 2. The van der Waals surface area contributed by atoms with Crippen LogP contribution in [0, 0.1) is 13.8 Å². The Bertz CT molecular complexity index is 834. The van der Waals surface area contributed by atoms with Gasteiger partial charge < -0.3 is 24.5 Å². The maximum absolute atomic E-state index is 12.3. The Morgan fingerprint density at radius 3 is 2.27 bits per heavy atom. The van der Waals surface area contributed by atoms with Crippen LogP contribution in [-0.2, 0) is 17.8 Å². The van der Waals surface area contributed by atoms with E-state index in [1.807, 2.05) is 0 Å². The molecule has 0 bridgehead atoms. The van der Waals surface area contributed by atoms with Gasteiger partial charge in [0.2, 0.25) is 5.91 Å². The van der Waals surface area contributed by atoms with Crippen LogP contribution in [0.4, 0.5) is 0 Å². The molecule has 1 amide bonds. The molecule has 0 saturated carbocycles. The number of hydrogen-bond acceptors (Lipinski definition) is 6. The first-order valence-corrected chi connectivity index (χ1v) is 8.01. The molecule has 0 spiro atoms. The summed E-state index contributed by atoms with van der Waals surface area (Å²) in [4.78, 5) is 30.1. The zero-order valence-electron chi connectivity index (χ0n) is 15.6. The van der Waals surface area contributed by atoms with Crippen LogP contribution in [0.15, 0.2) is 16.9 Å². The number of ether oxygens (including phenoxy) is 3. The minimum Gasteiger partial charge on any atom is -0.496 e. The van der Waals surface area contributed by atoms with Gasteiger partial charge in [-0.3, -0.25) is 4.79 Å². The van der Waals surface area contributed by atoms with Crippen molar-refractivity contribution in [1.82, 2.24) is 15.3 Å². The molecule has 0 atom stereocenters. The third-order valence-corrected chi connectivity index (χ3v) is 4.05. The van der Waals surface area contributed by atoms with Gasteiger partial charge in [-0.15, -0.1) is 0 Å². The average molecular weight is 361 g/mol. The molecule has 2 N–H and O–H groups in total. The van der Waals surface area contributed by atoms with Crippen molar-refractivity contribution in [3.63, 3.8) is 0 Å². The van der Waals surface area contributed by atoms with Gasteiger partial charge in [0.1, 0.15) is 5.75 Å². The summed E-state index contributed by atoms with van der Waals surface area (Å²) >= 11 is 0. The first-order valence-electron chi connectivity index (χ1n) is 8.01. The van der Waals surface area contributed by atoms with Crippen LogP contribution in [0.2, 0.25) is 0 Å². The second kappa shape index (κ2) is 8.37. The number of nitrogens with one attached hydrogen (secondary N) is 2. The van der Waals surface area contributed by atoms with E-state index < -0.39 is 5.69 Å². The van der Waals surface area contributed by atoms with Crippen LogP contribution in [0.25, 0.3) is 0 Å². The fraction of sp³-hybridized carbons (Fsp3) is 0.389. The summed E-state index contributed by atoms with van der Waals surface area (Å²) in [6.45, 7) is 3.72. The molecule has 2 rings (SSSR count). The lowest BCUT2D eigenvalue weighted by Crippen LogP contribution is -2.27. The second-order valence-corrected chi connectivity index (χ2v) is 5.70. The van der Waals surface area contributed by atoms with E-state index in [0.29, 0.717) is 34.2 Å². The van der Waals surface area contributed by atoms with Crippen molar-refractivity contribution in [2.75, 3.05) is 21.3 Å². The normalized spacial score (nSPS) is 10.3. The van der Waals surface area contributed by atoms with Crippen molar-refractivity contribution in [2.45, 2.75) is 26.8 Å². The lowest BCUT2D eigenvalue weighted by atomic mass is 10.1. The molecule has 0 saturated heterocycles. The Morgan fingerprint density at radius 1 is 1.08 bits per heavy atom. The van der Waals surface area contributed by atoms with Gasteiger partial charge in [-0.25, -0.2) is 4.79 Å². The molecular formula is C18H23N3O5. The number of aromatic amines is 1. The van der Waals surface area contributed by atoms with Crippen LogP contribution in [-0.4, -0.2) is 37.2 Å². The Balaban J connectivity index is 2.13. The molecule has 2 aromatic rings. The van der Waals surface area contributed by atoms with Crippen LogP contribution in [0.3, 0.4) is 0 Å². The van der Waals surface area contributed by atoms with E-state index in [0.717, 1.165) is 5.56 Å². The molecule has 1 aromatic carbocycles. The van der Waals surface area contributed by atoms with Crippen molar-refractivity contribution in [1.29, 1.82) is 0 Å². The second-order valence-electron chi connectivity index (χ2n) is 5.70. The zero-order valence-corrected chi connectivity index (χ0v) is 15.6. The average Bonchev–Trinajstić information content (AvgIpc) is 2.62. The standard InChI is InChI=1S/C18H23N3O5/c1-10-13(11(2)21-18(23)20-10)7-17(22)19-9-12-6-15(25-4)16(26-5)8-14(12)24-3/h6,8H,7,9H2,1-5H3,(H,19,22)(H,20,21,23). The van der Waals surface area contributed by atoms with Gasteiger partial charge in [0.25, 0.3) is 0 Å². The molecule has 26 heavy (non-hydrogen) atoms. The van der Waals surface area contributed by atoms with Crippen LogP contribution >= 0.6 is 0 Å². The minimum atomic E-state index is -0.417. The molecule has 0 radical (unpaired) electrons. The maximum atomic E-state index is 12.3. The van der Waals surface area contributed by atoms with Crippen LogP contribution in [0.5, 0.6) is 17.2 Å². The highest BCUT2D eigenvalue weighted by Gasteiger charge is 2.14. The highest BCUT2D eigenvalue weighted by atomic mass is 16.5. The molecule has 0 aliphatic rings. The van der Waals surface area contributed by atoms with Crippen molar-refractivity contribution in [2.24, 2.45) is 0 Å². The molecule has 0 aliphatic heterocycles. The topological polar surface area (TPSA) is 103 Å². The summed E-state index contributed by atoms with van der Waals surface area (Å²) < 4.78 is 15.9. The fourth-order valence-electron chi connectivity index (χ4n) is 2.66. The van der Waals surface area contributed by atoms with Gasteiger partial charge in [0.15, 0.2) is 11.5 Å². The number of benzene rings is 1. The van der Waals surface area contributed by atoms with Crippen molar-refractivity contribution >= 4 is 5.91 Å². The molecule has 8 heteroatoms. The molecule has 0 fully saturated rings. The number of amides is 1. The number of carbonyl (C=O) groups excluding carboxylic acids is 1. The summed E-state index contributed by atoms with van der Waals surface area (Å²) in [7, 11) is 4.63. The molecule has 140 valence electrons. The van der Waals surface area contributed by atoms with Crippen LogP contribution < -0.4 is 25.2 Å². The lowest BCUT2D eigenvalue weighted by molar-refractivity contribution is -0.120. The Kier molecular flexibility index (Phi) is 6.21. The quantitative estimate of drug-likeness (QED) is 0.770. The van der Waals surface area contributed by atoms with Gasteiger partial charge >= 0.3 is 5.69 Å². The van der Waals surface area contributed by atoms with Gasteiger partial charge in [-0.05, 0) is 19.9 Å². The Labute approximate surface area is 151 Å². The zero-order chi connectivity index (χ0) is 19.3. The third kappa shape index (κ3) is 4.33. The van der Waals surface area contributed by atoms with E-state index in [4.69, 9.17) is 14.2 Å². The SMILES string of the molecule is COc1cc(OC)c(OC)cc1CNC(=O)Cc1c(C)nc(=O)[nH]c1C. The van der Waals surface area contributed by atoms with Gasteiger partial charge in [-0.2, -0.15) is 4.98 Å². The summed E-state index contributed by atoms with van der Waals surface area (Å²) in [6.07, 6.45) is 0.122. The van der Waals surface area contributed by atoms with E-state index in [-0.39, 0.29) is 18.9 Å². The number of nitrogens with zero attached hydrogens (tertiary/aromatic N) is 1. The predicted molar refractivity (Wildman–Crippen MR) is 96.0 cm³/mol. The highest BCUT2D eigenvalue weighted by molar-refractivity contribution is 5.79. The number of carbonyl (C=O) groups is 1. The van der Waals surface area contributed by atoms with Gasteiger partial charge in [-0.1, -0.05) is 0 Å². The number of H-pyrrole nitrogens is 1. The fourth-order valence-corrected chi connectivity index (χ4v) is 2.66. The largest absolute Gasteiger partial charge is 0.496 e. The molecule has 1 aromatic heterocycles. The molecular weight excluding hydrogens is 338 g/mol. The van der Waals surface area contributed by atoms with E-state index in [1.165, 1.54) is 0 Å². The van der Waals surface area contributed by atoms with E-state index in [2.05, 4.69) is 15.3 Å². The third-order valence-electron chi connectivity index (χ3n) is 4.05. The van der Waals surface area contributed by atoms with Crippen molar-refractivity contribution in [3.05, 3.63) is 45.1 Å². The molecule has 1 heterocycles. The highest BCUT2D eigenvalue weighted by Crippen LogP contribution is 2.34. The van der Waals surface area contributed by atoms with E-state index in [1.54, 1.807) is 47.3 Å². The Hall–Kier alpha value is -3.03. The van der Waals surface area contributed by atoms with E-state index >= 15 is 0 Å². The molecule has 0 unspecified atom stereocenters. The molecule has 0 aliphatic carbocycles. The minimum absolute atomic E-state index is 0.122. The number of aryl methyl sites for hydroxylation is 2. The van der Waals surface area contributed by atoms with Gasteiger partial charge in [0, 0.05) is 35.1 Å². The van der Waals surface area contributed by atoms with Crippen molar-refractivity contribution < 1.29 is 19.0 Å². The van der Waals surface area contributed by atoms with E-state index in [9.17, 15) is 9.59 Å². The monoisotopic (exact) mass is 361 g/mol. The number of hydrogen-bond donors (Lipinski definition) is 2. The maximum Gasteiger partial charge on any atom is 0.345 e. The predicted octanol–water partition coefficient (Wildman–Crippen LogP) is 1.27. The summed E-state index contributed by atoms with van der Waals surface area (Å²) in [5, 5.41) is 2.84. The summed E-state index contributed by atoms with van der Waals surface area (Å²) in [6, 6.07) is 3.47. The lowest BCUT2D eigenvalue weighted by Gasteiger charge is -2.15.